The average molecular weight is 220 g/mol. The zero-order valence-electron chi connectivity index (χ0n) is 7.80. The fourth-order valence-corrected chi connectivity index (χ4v) is 2.12. The van der Waals surface area contributed by atoms with Gasteiger partial charge in [-0.25, -0.2) is 4.79 Å². The number of alkyl halides is 2. The van der Waals surface area contributed by atoms with Crippen molar-refractivity contribution in [3.05, 3.63) is 21.4 Å². The van der Waals surface area contributed by atoms with Crippen LogP contribution in [0.1, 0.15) is 15.3 Å². The molecule has 78 valence electrons. The Hall–Kier alpha value is -0.970. The summed E-state index contributed by atoms with van der Waals surface area (Å²) in [6, 6.07) is 1.61. The number of aliphatic carboxylic acids is 1. The van der Waals surface area contributed by atoms with Gasteiger partial charge in [0.05, 0.1) is 0 Å². The van der Waals surface area contributed by atoms with Crippen molar-refractivity contribution in [1.29, 1.82) is 0 Å². The van der Waals surface area contributed by atoms with Crippen LogP contribution in [0.15, 0.2) is 6.07 Å². The van der Waals surface area contributed by atoms with E-state index < -0.39 is 18.3 Å². The number of rotatable bonds is 3. The van der Waals surface area contributed by atoms with Gasteiger partial charge in [-0.05, 0) is 25.5 Å². The van der Waals surface area contributed by atoms with Gasteiger partial charge in [-0.15, -0.1) is 11.3 Å². The van der Waals surface area contributed by atoms with Gasteiger partial charge in [-0.2, -0.15) is 8.78 Å². The molecule has 0 aliphatic carbocycles. The molecule has 2 nitrogen and oxygen atoms in total. The van der Waals surface area contributed by atoms with Crippen LogP contribution < -0.4 is 0 Å². The minimum Gasteiger partial charge on any atom is -0.477 e. The van der Waals surface area contributed by atoms with Crippen LogP contribution in [0.25, 0.3) is 0 Å². The first-order valence-electron chi connectivity index (χ1n) is 4.00. The molecule has 0 atom stereocenters. The Morgan fingerprint density at radius 3 is 2.50 bits per heavy atom. The number of aryl methyl sites for hydroxylation is 2. The van der Waals surface area contributed by atoms with Crippen molar-refractivity contribution < 1.29 is 18.7 Å². The third kappa shape index (κ3) is 2.29. The minimum atomic E-state index is -3.67. The van der Waals surface area contributed by atoms with Crippen molar-refractivity contribution in [2.75, 3.05) is 0 Å². The van der Waals surface area contributed by atoms with Gasteiger partial charge in [0.1, 0.15) is 0 Å². The highest BCUT2D eigenvalue weighted by Gasteiger charge is 2.39. The van der Waals surface area contributed by atoms with Crippen molar-refractivity contribution in [1.82, 2.24) is 0 Å². The van der Waals surface area contributed by atoms with E-state index in [0.29, 0.717) is 5.56 Å². The smallest absolute Gasteiger partial charge is 0.374 e. The predicted molar refractivity (Wildman–Crippen MR) is 50.1 cm³/mol. The maximum atomic E-state index is 12.8. The molecule has 0 bridgehead atoms. The summed E-state index contributed by atoms with van der Waals surface area (Å²) < 4.78 is 25.7. The second-order valence-corrected chi connectivity index (χ2v) is 4.59. The van der Waals surface area contributed by atoms with Gasteiger partial charge in [-0.3, -0.25) is 0 Å². The van der Waals surface area contributed by atoms with Gasteiger partial charge in [0.2, 0.25) is 0 Å². The van der Waals surface area contributed by atoms with E-state index in [1.54, 1.807) is 19.9 Å². The molecule has 0 saturated heterocycles. The molecule has 0 amide bonds. The number of carboxylic acids is 1. The van der Waals surface area contributed by atoms with Gasteiger partial charge < -0.3 is 5.11 Å². The number of carboxylic acid groups (broad SMARTS) is 1. The lowest BCUT2D eigenvalue weighted by Gasteiger charge is -2.09. The van der Waals surface area contributed by atoms with Crippen molar-refractivity contribution in [2.45, 2.75) is 26.2 Å². The van der Waals surface area contributed by atoms with E-state index in [2.05, 4.69) is 0 Å². The van der Waals surface area contributed by atoms with Gasteiger partial charge in [0.25, 0.3) is 0 Å². The quantitative estimate of drug-likeness (QED) is 0.850. The van der Waals surface area contributed by atoms with Gasteiger partial charge >= 0.3 is 11.9 Å². The van der Waals surface area contributed by atoms with Crippen LogP contribution in [-0.2, 0) is 11.2 Å². The summed E-state index contributed by atoms with van der Waals surface area (Å²) in [5.74, 6) is -5.74. The second kappa shape index (κ2) is 3.65. The molecule has 0 fully saturated rings. The van der Waals surface area contributed by atoms with Gasteiger partial charge in [0.15, 0.2) is 0 Å². The molecule has 14 heavy (non-hydrogen) atoms. The van der Waals surface area contributed by atoms with Gasteiger partial charge in [0, 0.05) is 16.2 Å². The lowest BCUT2D eigenvalue weighted by atomic mass is 10.1. The summed E-state index contributed by atoms with van der Waals surface area (Å²) in [7, 11) is 0. The van der Waals surface area contributed by atoms with E-state index in [1.165, 1.54) is 11.3 Å². The lowest BCUT2D eigenvalue weighted by molar-refractivity contribution is -0.164. The van der Waals surface area contributed by atoms with Crippen LogP contribution in [-0.4, -0.2) is 17.0 Å². The molecule has 0 aliphatic heterocycles. The number of hydrogen-bond acceptors (Lipinski definition) is 2. The highest BCUT2D eigenvalue weighted by molar-refractivity contribution is 7.12. The van der Waals surface area contributed by atoms with Crippen molar-refractivity contribution >= 4 is 17.3 Å². The molecule has 1 aromatic rings. The molecule has 5 heteroatoms. The first-order chi connectivity index (χ1) is 6.33. The fraction of sp³-hybridized carbons (Fsp3) is 0.444. The molecule has 1 N–H and O–H groups in total. The Morgan fingerprint density at radius 1 is 1.57 bits per heavy atom. The number of hydrogen-bond donors (Lipinski definition) is 1. The SMILES string of the molecule is Cc1cc(CC(F)(F)C(=O)O)c(C)s1. The molecular weight excluding hydrogens is 210 g/mol. The third-order valence-electron chi connectivity index (χ3n) is 1.87. The second-order valence-electron chi connectivity index (χ2n) is 3.12. The van der Waals surface area contributed by atoms with Crippen LogP contribution >= 0.6 is 11.3 Å². The Balaban J connectivity index is 2.88. The predicted octanol–water partition coefficient (Wildman–Crippen LogP) is 2.63. The zero-order chi connectivity index (χ0) is 10.9. The van der Waals surface area contributed by atoms with Crippen molar-refractivity contribution in [2.24, 2.45) is 0 Å². The monoisotopic (exact) mass is 220 g/mol. The fourth-order valence-electron chi connectivity index (χ4n) is 1.17. The Bertz CT molecular complexity index is 358. The minimum absolute atomic E-state index is 0.417. The molecule has 0 saturated carbocycles. The summed E-state index contributed by atoms with van der Waals surface area (Å²) in [4.78, 5) is 11.9. The molecule has 1 rings (SSSR count). The van der Waals surface area contributed by atoms with Crippen LogP contribution in [0.5, 0.6) is 0 Å². The van der Waals surface area contributed by atoms with E-state index in [-0.39, 0.29) is 0 Å². The summed E-state index contributed by atoms with van der Waals surface area (Å²) in [6.45, 7) is 3.52. The highest BCUT2D eigenvalue weighted by Crippen LogP contribution is 2.27. The average Bonchev–Trinajstić information content (AvgIpc) is 2.29. The molecule has 0 spiro atoms. The molecule has 0 radical (unpaired) electrons. The molecule has 0 unspecified atom stereocenters. The van der Waals surface area contributed by atoms with Crippen LogP contribution in [0, 0.1) is 13.8 Å². The first-order valence-corrected chi connectivity index (χ1v) is 4.81. The normalized spacial score (nSPS) is 11.7. The summed E-state index contributed by atoms with van der Waals surface area (Å²) in [5, 5.41) is 8.25. The van der Waals surface area contributed by atoms with Crippen molar-refractivity contribution in [3.63, 3.8) is 0 Å². The van der Waals surface area contributed by atoms with E-state index in [9.17, 15) is 13.6 Å². The maximum Gasteiger partial charge on any atom is 0.374 e. The molecule has 1 aromatic heterocycles. The third-order valence-corrected chi connectivity index (χ3v) is 2.88. The first kappa shape index (κ1) is 11.1. The van der Waals surface area contributed by atoms with Crippen LogP contribution in [0.2, 0.25) is 0 Å². The number of thiophene rings is 1. The van der Waals surface area contributed by atoms with Crippen LogP contribution in [0.4, 0.5) is 8.78 Å². The number of carbonyl (C=O) groups is 1. The molecule has 1 heterocycles. The lowest BCUT2D eigenvalue weighted by Crippen LogP contribution is -2.30. The van der Waals surface area contributed by atoms with E-state index in [4.69, 9.17) is 5.11 Å². The maximum absolute atomic E-state index is 12.8. The van der Waals surface area contributed by atoms with Crippen molar-refractivity contribution in [3.8, 4) is 0 Å². The summed E-state index contributed by atoms with van der Waals surface area (Å²) >= 11 is 1.40. The Morgan fingerprint density at radius 2 is 2.14 bits per heavy atom. The molecular formula is C9H10F2O2S. The molecule has 0 aliphatic rings. The van der Waals surface area contributed by atoms with E-state index in [0.717, 1.165) is 9.75 Å². The Kier molecular flexibility index (Phi) is 2.89. The largest absolute Gasteiger partial charge is 0.477 e. The highest BCUT2D eigenvalue weighted by atomic mass is 32.1. The van der Waals surface area contributed by atoms with Gasteiger partial charge in [-0.1, -0.05) is 0 Å². The standard InChI is InChI=1S/C9H10F2O2S/c1-5-3-7(6(2)14-5)4-9(10,11)8(12)13/h3H,4H2,1-2H3,(H,12,13). The van der Waals surface area contributed by atoms with E-state index >= 15 is 0 Å². The van der Waals surface area contributed by atoms with E-state index in [1.807, 2.05) is 0 Å². The van der Waals surface area contributed by atoms with Crippen LogP contribution in [0.3, 0.4) is 0 Å². The topological polar surface area (TPSA) is 37.3 Å². The zero-order valence-corrected chi connectivity index (χ0v) is 8.62. The number of halogens is 2. The molecule has 0 aromatic carbocycles. The summed E-state index contributed by atoms with van der Waals surface area (Å²) in [5.41, 5.74) is 0.417. The Labute approximate surface area is 84.2 Å². The summed E-state index contributed by atoms with van der Waals surface area (Å²) in [6.07, 6.45) is -0.724.